The Labute approximate surface area is 252 Å². The summed E-state index contributed by atoms with van der Waals surface area (Å²) in [6.45, 7) is 5.09. The van der Waals surface area contributed by atoms with Crippen LogP contribution in [0.15, 0.2) is 0 Å². The van der Waals surface area contributed by atoms with E-state index in [-0.39, 0.29) is 6.03 Å². The number of nitrogens with one attached hydrogen (secondary N) is 1. The van der Waals surface area contributed by atoms with Crippen LogP contribution in [0.25, 0.3) is 0 Å². The summed E-state index contributed by atoms with van der Waals surface area (Å²) in [4.78, 5) is 14.8. The van der Waals surface area contributed by atoms with Crippen LogP contribution in [0.2, 0.25) is 0 Å². The Bertz CT molecular complexity index is 609. The first-order valence-electron chi connectivity index (χ1n) is 17.4. The van der Waals surface area contributed by atoms with Gasteiger partial charge in [-0.15, -0.1) is 0 Å². The highest BCUT2D eigenvalue weighted by atomic mass is 16.5. The molecule has 1 saturated heterocycles. The van der Waals surface area contributed by atoms with Crippen molar-refractivity contribution in [3.63, 3.8) is 0 Å². The number of aliphatic hydroxyl groups is 3. The average Bonchev–Trinajstić information content (AvgIpc) is 2.97. The highest BCUT2D eigenvalue weighted by molar-refractivity contribution is 5.74. The van der Waals surface area contributed by atoms with Gasteiger partial charge in [-0.25, -0.2) is 4.79 Å². The van der Waals surface area contributed by atoms with Crippen molar-refractivity contribution in [3.05, 3.63) is 0 Å². The molecule has 1 rings (SSSR count). The molecule has 1 fully saturated rings. The number of carbonyl (C=O) groups is 1. The van der Waals surface area contributed by atoms with Crippen LogP contribution >= 0.6 is 0 Å². The van der Waals surface area contributed by atoms with Crippen LogP contribution in [-0.4, -0.2) is 76.5 Å². The molecule has 1 heterocycles. The van der Waals surface area contributed by atoms with E-state index in [1.165, 1.54) is 109 Å². The molecule has 1 aliphatic heterocycles. The number of amides is 2. The lowest BCUT2D eigenvalue weighted by atomic mass is 9.96. The molecule has 6 N–H and O–H groups in total. The smallest absolute Gasteiger partial charge is 0.319 e. The molecule has 0 aromatic heterocycles. The van der Waals surface area contributed by atoms with Crippen LogP contribution in [0, 0.1) is 0 Å². The van der Waals surface area contributed by atoms with E-state index in [9.17, 15) is 20.1 Å². The predicted octanol–water partition coefficient (Wildman–Crippen LogP) is 6.39. The van der Waals surface area contributed by atoms with Gasteiger partial charge in [0.05, 0.1) is 12.6 Å². The van der Waals surface area contributed by atoms with Gasteiger partial charge in [-0.1, -0.05) is 142 Å². The van der Waals surface area contributed by atoms with Crippen molar-refractivity contribution < 1.29 is 24.9 Å². The highest BCUT2D eigenvalue weighted by Gasteiger charge is 2.45. The van der Waals surface area contributed by atoms with Gasteiger partial charge in [0.25, 0.3) is 0 Å². The van der Waals surface area contributed by atoms with Crippen LogP contribution < -0.4 is 11.1 Å². The minimum absolute atomic E-state index is 0.260. The molecule has 244 valence electrons. The minimum Gasteiger partial charge on any atom is -0.394 e. The van der Waals surface area contributed by atoms with Crippen molar-refractivity contribution in [1.29, 1.82) is 0 Å². The van der Waals surface area contributed by atoms with Gasteiger partial charge in [-0.3, -0.25) is 4.90 Å². The van der Waals surface area contributed by atoms with E-state index in [2.05, 4.69) is 19.2 Å². The molecule has 0 saturated carbocycles. The number of carbonyl (C=O) groups excluding carboxylic acids is 1. The summed E-state index contributed by atoms with van der Waals surface area (Å²) in [6.07, 6.45) is 22.7. The van der Waals surface area contributed by atoms with Crippen LogP contribution in [-0.2, 0) is 4.74 Å². The summed E-state index contributed by atoms with van der Waals surface area (Å²) in [5, 5.41) is 33.4. The van der Waals surface area contributed by atoms with Crippen molar-refractivity contribution in [2.45, 2.75) is 186 Å². The van der Waals surface area contributed by atoms with Gasteiger partial charge in [-0.2, -0.15) is 0 Å². The van der Waals surface area contributed by atoms with Crippen LogP contribution in [0.3, 0.4) is 0 Å². The maximum Gasteiger partial charge on any atom is 0.319 e. The number of rotatable bonds is 26. The summed E-state index contributed by atoms with van der Waals surface area (Å²) < 4.78 is 5.86. The van der Waals surface area contributed by atoms with Gasteiger partial charge >= 0.3 is 6.03 Å². The summed E-state index contributed by atoms with van der Waals surface area (Å²) >= 11 is 0. The Morgan fingerprint density at radius 3 is 1.54 bits per heavy atom. The summed E-state index contributed by atoms with van der Waals surface area (Å²) in [6, 6.07) is -1.21. The number of ether oxygens (including phenoxy) is 1. The first kappa shape index (κ1) is 38.1. The van der Waals surface area contributed by atoms with Crippen LogP contribution in [0.1, 0.15) is 155 Å². The van der Waals surface area contributed by atoms with Gasteiger partial charge in [0, 0.05) is 13.1 Å². The van der Waals surface area contributed by atoms with Gasteiger partial charge in [-0.05, 0) is 12.8 Å². The lowest BCUT2D eigenvalue weighted by Gasteiger charge is -2.45. The van der Waals surface area contributed by atoms with Crippen molar-refractivity contribution in [2.75, 3.05) is 19.7 Å². The van der Waals surface area contributed by atoms with Crippen molar-refractivity contribution >= 4 is 6.03 Å². The first-order valence-corrected chi connectivity index (χ1v) is 17.4. The normalized spacial score (nSPS) is 22.6. The third kappa shape index (κ3) is 17.1. The lowest BCUT2D eigenvalue weighted by molar-refractivity contribution is -0.218. The van der Waals surface area contributed by atoms with E-state index in [1.807, 2.05) is 0 Å². The van der Waals surface area contributed by atoms with E-state index in [0.717, 1.165) is 32.1 Å². The molecule has 0 bridgehead atoms. The standard InChI is InChI=1S/C33H67N3O5/c1-3-5-7-9-11-13-15-16-17-19-21-23-25-35-33(40)36(26-24-22-20-18-14-12-10-8-6-4-2)32-29(34)31(39)30(38)28(27-37)41-32/h28-32,37-39H,3-27,34H2,1-2H3,(H,35,40)/t28-,29+,30+,31-,32-/m1/s1. The molecule has 8 nitrogen and oxygen atoms in total. The fourth-order valence-corrected chi connectivity index (χ4v) is 5.78. The Morgan fingerprint density at radius 1 is 0.683 bits per heavy atom. The summed E-state index contributed by atoms with van der Waals surface area (Å²) in [5.41, 5.74) is 6.22. The zero-order valence-electron chi connectivity index (χ0n) is 26.7. The molecule has 2 amide bonds. The molecule has 0 unspecified atom stereocenters. The van der Waals surface area contributed by atoms with Crippen molar-refractivity contribution in [1.82, 2.24) is 10.2 Å². The second kappa shape index (κ2) is 25.6. The number of urea groups is 1. The Balaban J connectivity index is 2.39. The molecule has 0 radical (unpaired) electrons. The third-order valence-electron chi connectivity index (χ3n) is 8.58. The van der Waals surface area contributed by atoms with Gasteiger partial charge in [0.2, 0.25) is 0 Å². The Kier molecular flexibility index (Phi) is 23.7. The molecule has 41 heavy (non-hydrogen) atoms. The Morgan fingerprint density at radius 2 is 1.10 bits per heavy atom. The summed E-state index contributed by atoms with van der Waals surface area (Å²) in [5.74, 6) is 0. The number of nitrogens with zero attached hydrogens (tertiary/aromatic N) is 1. The first-order chi connectivity index (χ1) is 20.0. The van der Waals surface area contributed by atoms with Gasteiger partial charge < -0.3 is 31.1 Å². The van der Waals surface area contributed by atoms with E-state index in [0.29, 0.717) is 13.1 Å². The second-order valence-electron chi connectivity index (χ2n) is 12.3. The molecule has 8 heteroatoms. The van der Waals surface area contributed by atoms with E-state index >= 15 is 0 Å². The second-order valence-corrected chi connectivity index (χ2v) is 12.3. The lowest BCUT2D eigenvalue weighted by Crippen LogP contribution is -2.67. The topological polar surface area (TPSA) is 128 Å². The number of nitrogens with two attached hydrogens (primary N) is 1. The fourth-order valence-electron chi connectivity index (χ4n) is 5.78. The number of aliphatic hydroxyl groups excluding tert-OH is 3. The Hall–Kier alpha value is -0.930. The number of unbranched alkanes of at least 4 members (excludes halogenated alkanes) is 20. The SMILES string of the molecule is CCCCCCCCCCCCCCNC(=O)N(CCCCCCCCCCCC)[C@@H]1O[C@H](CO)[C@H](O)[C@H](O)[C@@H]1N. The molecule has 1 aliphatic rings. The number of hydrogen-bond donors (Lipinski definition) is 5. The zero-order valence-corrected chi connectivity index (χ0v) is 26.7. The quantitative estimate of drug-likeness (QED) is 0.0749. The van der Waals surface area contributed by atoms with E-state index in [1.54, 1.807) is 4.90 Å². The van der Waals surface area contributed by atoms with Crippen molar-refractivity contribution in [2.24, 2.45) is 5.73 Å². The predicted molar refractivity (Wildman–Crippen MR) is 169 cm³/mol. The van der Waals surface area contributed by atoms with E-state index in [4.69, 9.17) is 10.5 Å². The molecular weight excluding hydrogens is 518 g/mol. The van der Waals surface area contributed by atoms with Crippen molar-refractivity contribution in [3.8, 4) is 0 Å². The van der Waals surface area contributed by atoms with Crippen LogP contribution in [0.4, 0.5) is 4.79 Å². The fraction of sp³-hybridized carbons (Fsp3) is 0.970. The molecule has 5 atom stereocenters. The van der Waals surface area contributed by atoms with Gasteiger partial charge in [0.15, 0.2) is 6.23 Å². The minimum atomic E-state index is -1.28. The summed E-state index contributed by atoms with van der Waals surface area (Å²) in [7, 11) is 0. The molecule has 0 spiro atoms. The number of hydrogen-bond acceptors (Lipinski definition) is 6. The zero-order chi connectivity index (χ0) is 30.1. The molecule has 0 aromatic carbocycles. The van der Waals surface area contributed by atoms with E-state index < -0.39 is 37.2 Å². The maximum atomic E-state index is 13.2. The largest absolute Gasteiger partial charge is 0.394 e. The highest BCUT2D eigenvalue weighted by Crippen LogP contribution is 2.23. The average molecular weight is 586 g/mol. The molecule has 0 aliphatic carbocycles. The monoisotopic (exact) mass is 586 g/mol. The van der Waals surface area contributed by atoms with Gasteiger partial charge in [0.1, 0.15) is 18.3 Å². The molecule has 0 aromatic rings. The molecular formula is C33H67N3O5. The maximum absolute atomic E-state index is 13.2. The third-order valence-corrected chi connectivity index (χ3v) is 8.58. The van der Waals surface area contributed by atoms with Crippen LogP contribution in [0.5, 0.6) is 0 Å².